The molecular formula is C18H25Na. The fourth-order valence-corrected chi connectivity index (χ4v) is 1.91. The van der Waals surface area contributed by atoms with E-state index in [9.17, 15) is 0 Å². The maximum Gasteiger partial charge on any atom is 1.00 e. The van der Waals surface area contributed by atoms with Crippen LogP contribution in [-0.2, 0) is 0 Å². The molecule has 19 heavy (non-hydrogen) atoms. The van der Waals surface area contributed by atoms with E-state index in [1.54, 1.807) is 0 Å². The van der Waals surface area contributed by atoms with E-state index in [0.29, 0.717) is 0 Å². The SMILES string of the molecule is [CH2-]CCCCCCC.[Na+].c1ccc2ccccc2c1. The van der Waals surface area contributed by atoms with Crippen LogP contribution >= 0.6 is 0 Å². The molecule has 0 saturated carbocycles. The van der Waals surface area contributed by atoms with Gasteiger partial charge < -0.3 is 6.92 Å². The fraction of sp³-hybridized carbons (Fsp3) is 0.389. The van der Waals surface area contributed by atoms with Gasteiger partial charge in [0, 0.05) is 0 Å². The van der Waals surface area contributed by atoms with Gasteiger partial charge in [-0.15, -0.1) is 0 Å². The molecule has 0 heterocycles. The predicted octanol–water partition coefficient (Wildman–Crippen LogP) is 3.02. The number of benzene rings is 2. The fourth-order valence-electron chi connectivity index (χ4n) is 1.91. The Bertz CT molecular complexity index is 351. The first-order chi connectivity index (χ1) is 8.88. The van der Waals surface area contributed by atoms with Crippen molar-refractivity contribution in [1.82, 2.24) is 0 Å². The average molecular weight is 264 g/mol. The maximum atomic E-state index is 3.78. The Kier molecular flexibility index (Phi) is 12.5. The van der Waals surface area contributed by atoms with Crippen LogP contribution in [0.4, 0.5) is 0 Å². The Hall–Kier alpha value is -0.300. The number of hydrogen-bond acceptors (Lipinski definition) is 0. The van der Waals surface area contributed by atoms with Crippen LogP contribution in [0.25, 0.3) is 10.8 Å². The Labute approximate surface area is 140 Å². The van der Waals surface area contributed by atoms with Crippen molar-refractivity contribution in [2.75, 3.05) is 0 Å². The van der Waals surface area contributed by atoms with Crippen molar-refractivity contribution >= 4 is 10.8 Å². The zero-order chi connectivity index (χ0) is 13.1. The summed E-state index contributed by atoms with van der Waals surface area (Å²) in [5.74, 6) is 0. The van der Waals surface area contributed by atoms with Crippen LogP contribution in [0.2, 0.25) is 0 Å². The van der Waals surface area contributed by atoms with Crippen LogP contribution in [0.15, 0.2) is 48.5 Å². The van der Waals surface area contributed by atoms with Gasteiger partial charge in [-0.3, -0.25) is 0 Å². The van der Waals surface area contributed by atoms with Gasteiger partial charge in [0.25, 0.3) is 0 Å². The summed E-state index contributed by atoms with van der Waals surface area (Å²) in [7, 11) is 0. The Morgan fingerprint density at radius 2 is 1.16 bits per heavy atom. The third-order valence-electron chi connectivity index (χ3n) is 3.01. The average Bonchev–Trinajstić information content (AvgIpc) is 2.45. The number of rotatable bonds is 5. The van der Waals surface area contributed by atoms with Gasteiger partial charge in [-0.25, -0.2) is 0 Å². The van der Waals surface area contributed by atoms with Crippen molar-refractivity contribution in [2.24, 2.45) is 0 Å². The first kappa shape index (κ1) is 18.7. The molecule has 0 aromatic heterocycles. The minimum atomic E-state index is 0. The van der Waals surface area contributed by atoms with Crippen LogP contribution in [0.5, 0.6) is 0 Å². The smallest absolute Gasteiger partial charge is 0.343 e. The summed E-state index contributed by atoms with van der Waals surface area (Å²) in [5.41, 5.74) is 0. The van der Waals surface area contributed by atoms with Crippen molar-refractivity contribution in [1.29, 1.82) is 0 Å². The second kappa shape index (κ2) is 12.7. The Balaban J connectivity index is 0.000000335. The Morgan fingerprint density at radius 1 is 0.737 bits per heavy atom. The second-order valence-electron chi connectivity index (χ2n) is 4.61. The summed E-state index contributed by atoms with van der Waals surface area (Å²) in [5, 5.41) is 2.62. The minimum absolute atomic E-state index is 0. The largest absolute Gasteiger partial charge is 1.00 e. The molecule has 0 fully saturated rings. The molecule has 2 aromatic rings. The quantitative estimate of drug-likeness (QED) is 0.442. The molecule has 0 spiro atoms. The predicted molar refractivity (Wildman–Crippen MR) is 82.7 cm³/mol. The molecule has 0 N–H and O–H groups in total. The van der Waals surface area contributed by atoms with Crippen molar-refractivity contribution in [3.63, 3.8) is 0 Å². The van der Waals surface area contributed by atoms with Gasteiger partial charge in [0.15, 0.2) is 0 Å². The molecule has 0 radical (unpaired) electrons. The molecule has 2 rings (SSSR count). The topological polar surface area (TPSA) is 0 Å². The number of fused-ring (bicyclic) bond motifs is 1. The van der Waals surface area contributed by atoms with Crippen LogP contribution in [-0.4, -0.2) is 0 Å². The standard InChI is InChI=1S/C10H8.C8H17.Na/c1-2-6-10-8-4-3-7-9(10)5-1;1-3-5-7-8-6-4-2;/h1-8H;1,3-8H2,2H3;/q;-1;+1. The molecular weight excluding hydrogens is 239 g/mol. The molecule has 0 unspecified atom stereocenters. The molecule has 1 heteroatoms. The van der Waals surface area contributed by atoms with Gasteiger partial charge in [-0.2, -0.15) is 6.42 Å². The van der Waals surface area contributed by atoms with E-state index < -0.39 is 0 Å². The summed E-state index contributed by atoms with van der Waals surface area (Å²) in [6.07, 6.45) is 7.98. The first-order valence-electron chi connectivity index (χ1n) is 7.11. The van der Waals surface area contributed by atoms with Gasteiger partial charge >= 0.3 is 29.6 Å². The molecule has 0 aliphatic carbocycles. The van der Waals surface area contributed by atoms with Gasteiger partial charge in [-0.1, -0.05) is 87.6 Å². The summed E-state index contributed by atoms with van der Waals surface area (Å²) in [6.45, 7) is 6.02. The third-order valence-corrected chi connectivity index (χ3v) is 3.01. The third kappa shape index (κ3) is 8.47. The molecule has 0 bridgehead atoms. The number of unbranched alkanes of at least 4 members (excludes halogenated alkanes) is 5. The van der Waals surface area contributed by atoms with Crippen LogP contribution in [0, 0.1) is 6.92 Å². The Morgan fingerprint density at radius 3 is 1.53 bits per heavy atom. The van der Waals surface area contributed by atoms with Gasteiger partial charge in [0.2, 0.25) is 0 Å². The first-order valence-corrected chi connectivity index (χ1v) is 7.11. The van der Waals surface area contributed by atoms with E-state index >= 15 is 0 Å². The number of hydrogen-bond donors (Lipinski definition) is 0. The summed E-state index contributed by atoms with van der Waals surface area (Å²) >= 11 is 0. The van der Waals surface area contributed by atoms with E-state index in [2.05, 4.69) is 62.4 Å². The van der Waals surface area contributed by atoms with Crippen molar-refractivity contribution in [3.05, 3.63) is 55.5 Å². The molecule has 2 aromatic carbocycles. The zero-order valence-corrected chi connectivity index (χ0v) is 14.6. The van der Waals surface area contributed by atoms with Crippen molar-refractivity contribution in [2.45, 2.75) is 45.4 Å². The summed E-state index contributed by atoms with van der Waals surface area (Å²) in [4.78, 5) is 0. The molecule has 0 amide bonds. The van der Waals surface area contributed by atoms with E-state index in [1.165, 1.54) is 42.9 Å². The van der Waals surface area contributed by atoms with Gasteiger partial charge in [-0.05, 0) is 10.8 Å². The van der Waals surface area contributed by atoms with Crippen molar-refractivity contribution < 1.29 is 29.6 Å². The van der Waals surface area contributed by atoms with E-state index in [1.807, 2.05) is 0 Å². The van der Waals surface area contributed by atoms with E-state index in [4.69, 9.17) is 0 Å². The van der Waals surface area contributed by atoms with E-state index in [0.717, 1.165) is 6.42 Å². The molecule has 0 saturated heterocycles. The molecule has 98 valence electrons. The maximum absolute atomic E-state index is 3.78. The van der Waals surface area contributed by atoms with Crippen LogP contribution in [0.3, 0.4) is 0 Å². The van der Waals surface area contributed by atoms with Gasteiger partial charge in [0.1, 0.15) is 0 Å². The molecule has 0 atom stereocenters. The summed E-state index contributed by atoms with van der Waals surface area (Å²) in [6, 6.07) is 16.7. The van der Waals surface area contributed by atoms with Crippen molar-refractivity contribution in [3.8, 4) is 0 Å². The minimum Gasteiger partial charge on any atom is -0.343 e. The monoisotopic (exact) mass is 264 g/mol. The normalized spacial score (nSPS) is 9.37. The zero-order valence-electron chi connectivity index (χ0n) is 12.6. The van der Waals surface area contributed by atoms with E-state index in [-0.39, 0.29) is 29.6 Å². The molecule has 0 aliphatic heterocycles. The second-order valence-corrected chi connectivity index (χ2v) is 4.61. The van der Waals surface area contributed by atoms with Crippen LogP contribution < -0.4 is 29.6 Å². The van der Waals surface area contributed by atoms with Gasteiger partial charge in [0.05, 0.1) is 0 Å². The van der Waals surface area contributed by atoms with Crippen LogP contribution in [0.1, 0.15) is 45.4 Å². The molecule has 0 aliphatic rings. The summed E-state index contributed by atoms with van der Waals surface area (Å²) < 4.78 is 0. The molecule has 0 nitrogen and oxygen atoms in total.